The lowest BCUT2D eigenvalue weighted by Gasteiger charge is -2.15. The van der Waals surface area contributed by atoms with Crippen molar-refractivity contribution in [2.75, 3.05) is 26.4 Å². The molecule has 0 aromatic heterocycles. The van der Waals surface area contributed by atoms with E-state index in [0.717, 1.165) is 0 Å². The Morgan fingerprint density at radius 1 is 1.67 bits per heavy atom. The number of rotatable bonds is 3. The van der Waals surface area contributed by atoms with Crippen molar-refractivity contribution in [1.29, 1.82) is 0 Å². The summed E-state index contributed by atoms with van der Waals surface area (Å²) in [5.41, 5.74) is -1.94. The molecule has 0 aliphatic carbocycles. The van der Waals surface area contributed by atoms with E-state index in [1.807, 2.05) is 0 Å². The maximum atomic E-state index is 13.4. The molecule has 1 amide bonds. The summed E-state index contributed by atoms with van der Waals surface area (Å²) < 4.78 is 29.7. The quantitative estimate of drug-likeness (QED) is 0.672. The van der Waals surface area contributed by atoms with Crippen molar-refractivity contribution < 1.29 is 18.3 Å². The molecule has 5 heteroatoms. The number of carbonyl (C=O) groups excluding carboxylic acids is 1. The van der Waals surface area contributed by atoms with E-state index >= 15 is 0 Å². The van der Waals surface area contributed by atoms with Gasteiger partial charge in [0.25, 0.3) is 5.91 Å². The molecule has 12 heavy (non-hydrogen) atoms. The van der Waals surface area contributed by atoms with Gasteiger partial charge in [-0.15, -0.1) is 0 Å². The molecule has 70 valence electrons. The number of nitrogens with one attached hydrogen (secondary N) is 1. The second kappa shape index (κ2) is 3.80. The van der Waals surface area contributed by atoms with Crippen LogP contribution in [-0.4, -0.2) is 38.0 Å². The number of hydrogen-bond donors (Lipinski definition) is 1. The molecule has 0 bridgehead atoms. The SMILES string of the molecule is O=C(NCCF)C1(F)CCOC1. The van der Waals surface area contributed by atoms with Crippen molar-refractivity contribution in [1.82, 2.24) is 5.32 Å². The lowest BCUT2D eigenvalue weighted by Crippen LogP contribution is -2.44. The van der Waals surface area contributed by atoms with Crippen molar-refractivity contribution in [3.8, 4) is 0 Å². The van der Waals surface area contributed by atoms with Crippen LogP contribution in [0.25, 0.3) is 0 Å². The van der Waals surface area contributed by atoms with Gasteiger partial charge in [-0.25, -0.2) is 8.78 Å². The highest BCUT2D eigenvalue weighted by molar-refractivity contribution is 5.85. The Labute approximate surface area is 69.1 Å². The molecule has 1 heterocycles. The summed E-state index contributed by atoms with van der Waals surface area (Å²) in [6.45, 7) is -0.780. The van der Waals surface area contributed by atoms with E-state index in [-0.39, 0.29) is 26.2 Å². The van der Waals surface area contributed by atoms with E-state index < -0.39 is 18.3 Å². The van der Waals surface area contributed by atoms with Crippen molar-refractivity contribution in [2.45, 2.75) is 12.1 Å². The highest BCUT2D eigenvalue weighted by Crippen LogP contribution is 2.22. The normalized spacial score (nSPS) is 28.8. The van der Waals surface area contributed by atoms with Crippen LogP contribution in [-0.2, 0) is 9.53 Å². The average Bonchev–Trinajstić information content (AvgIpc) is 2.49. The smallest absolute Gasteiger partial charge is 0.260 e. The summed E-state index contributed by atoms with van der Waals surface area (Å²) >= 11 is 0. The summed E-state index contributed by atoms with van der Waals surface area (Å²) in [7, 11) is 0. The highest BCUT2D eigenvalue weighted by atomic mass is 19.1. The molecule has 1 unspecified atom stereocenters. The lowest BCUT2D eigenvalue weighted by atomic mass is 10.1. The predicted octanol–water partition coefficient (Wildman–Crippen LogP) is 0.201. The fourth-order valence-corrected chi connectivity index (χ4v) is 1.04. The Kier molecular flexibility index (Phi) is 2.97. The number of carbonyl (C=O) groups is 1. The van der Waals surface area contributed by atoms with E-state index in [4.69, 9.17) is 4.74 Å². The number of hydrogen-bond acceptors (Lipinski definition) is 2. The van der Waals surface area contributed by atoms with Crippen LogP contribution >= 0.6 is 0 Å². The zero-order chi connectivity index (χ0) is 9.03. The molecule has 0 radical (unpaired) electrons. The van der Waals surface area contributed by atoms with Gasteiger partial charge in [0, 0.05) is 13.0 Å². The molecule has 1 aliphatic heterocycles. The largest absolute Gasteiger partial charge is 0.377 e. The van der Waals surface area contributed by atoms with Gasteiger partial charge in [-0.3, -0.25) is 4.79 Å². The third kappa shape index (κ3) is 1.91. The van der Waals surface area contributed by atoms with Crippen molar-refractivity contribution >= 4 is 5.91 Å². The summed E-state index contributed by atoms with van der Waals surface area (Å²) in [5.74, 6) is -0.766. The molecule has 1 N–H and O–H groups in total. The Morgan fingerprint density at radius 2 is 2.42 bits per heavy atom. The number of halogens is 2. The van der Waals surface area contributed by atoms with Gasteiger partial charge in [0.05, 0.1) is 13.2 Å². The van der Waals surface area contributed by atoms with Gasteiger partial charge in [-0.2, -0.15) is 0 Å². The first-order valence-corrected chi connectivity index (χ1v) is 3.80. The highest BCUT2D eigenvalue weighted by Gasteiger charge is 2.42. The topological polar surface area (TPSA) is 38.3 Å². The number of amides is 1. The fourth-order valence-electron chi connectivity index (χ4n) is 1.04. The van der Waals surface area contributed by atoms with Gasteiger partial charge in [-0.1, -0.05) is 0 Å². The van der Waals surface area contributed by atoms with Crippen LogP contribution in [0.15, 0.2) is 0 Å². The first kappa shape index (κ1) is 9.38. The van der Waals surface area contributed by atoms with Crippen LogP contribution in [0.4, 0.5) is 8.78 Å². The minimum Gasteiger partial charge on any atom is -0.377 e. The third-order valence-electron chi connectivity index (χ3n) is 1.76. The van der Waals surface area contributed by atoms with Gasteiger partial charge in [0.15, 0.2) is 0 Å². The molecular formula is C7H11F2NO2. The predicted molar refractivity (Wildman–Crippen MR) is 38.3 cm³/mol. The lowest BCUT2D eigenvalue weighted by molar-refractivity contribution is -0.132. The van der Waals surface area contributed by atoms with Crippen molar-refractivity contribution in [2.24, 2.45) is 0 Å². The monoisotopic (exact) mass is 179 g/mol. The Morgan fingerprint density at radius 3 is 2.92 bits per heavy atom. The van der Waals surface area contributed by atoms with Gasteiger partial charge in [0.2, 0.25) is 5.67 Å². The van der Waals surface area contributed by atoms with E-state index in [9.17, 15) is 13.6 Å². The van der Waals surface area contributed by atoms with Crippen LogP contribution in [0.3, 0.4) is 0 Å². The van der Waals surface area contributed by atoms with Crippen LogP contribution in [0.5, 0.6) is 0 Å². The Balaban J connectivity index is 2.39. The molecule has 1 fully saturated rings. The first-order valence-electron chi connectivity index (χ1n) is 3.80. The summed E-state index contributed by atoms with van der Waals surface area (Å²) in [6, 6.07) is 0. The van der Waals surface area contributed by atoms with Gasteiger partial charge >= 0.3 is 0 Å². The van der Waals surface area contributed by atoms with E-state index in [1.165, 1.54) is 0 Å². The minimum atomic E-state index is -1.94. The minimum absolute atomic E-state index is 0.0606. The molecular weight excluding hydrogens is 168 g/mol. The van der Waals surface area contributed by atoms with Gasteiger partial charge in [-0.05, 0) is 0 Å². The molecule has 1 aliphatic rings. The molecule has 0 aromatic carbocycles. The van der Waals surface area contributed by atoms with E-state index in [1.54, 1.807) is 0 Å². The number of ether oxygens (including phenoxy) is 1. The molecule has 1 rings (SSSR count). The van der Waals surface area contributed by atoms with Crippen molar-refractivity contribution in [3.63, 3.8) is 0 Å². The summed E-state index contributed by atoms with van der Waals surface area (Å²) in [4.78, 5) is 11.0. The molecule has 0 saturated carbocycles. The van der Waals surface area contributed by atoms with Crippen molar-refractivity contribution in [3.05, 3.63) is 0 Å². The summed E-state index contributed by atoms with van der Waals surface area (Å²) in [6.07, 6.45) is 0.0606. The molecule has 1 saturated heterocycles. The van der Waals surface area contributed by atoms with Crippen LogP contribution < -0.4 is 5.32 Å². The first-order chi connectivity index (χ1) is 5.69. The zero-order valence-corrected chi connectivity index (χ0v) is 6.61. The van der Waals surface area contributed by atoms with Gasteiger partial charge in [0.1, 0.15) is 6.67 Å². The zero-order valence-electron chi connectivity index (χ0n) is 6.61. The van der Waals surface area contributed by atoms with Crippen LogP contribution in [0.1, 0.15) is 6.42 Å². The second-order valence-electron chi connectivity index (χ2n) is 2.71. The standard InChI is InChI=1S/C7H11F2NO2/c8-2-3-10-6(11)7(9)1-4-12-5-7/h1-5H2,(H,10,11). The van der Waals surface area contributed by atoms with Crippen LogP contribution in [0, 0.1) is 0 Å². The molecule has 1 atom stereocenters. The maximum Gasteiger partial charge on any atom is 0.260 e. The Hall–Kier alpha value is -0.710. The Bertz CT molecular complexity index is 169. The van der Waals surface area contributed by atoms with Gasteiger partial charge < -0.3 is 10.1 Å². The second-order valence-corrected chi connectivity index (χ2v) is 2.71. The fraction of sp³-hybridized carbons (Fsp3) is 0.857. The number of alkyl halides is 2. The summed E-state index contributed by atoms with van der Waals surface area (Å²) in [5, 5.41) is 2.15. The average molecular weight is 179 g/mol. The van der Waals surface area contributed by atoms with E-state index in [2.05, 4.69) is 5.32 Å². The molecule has 3 nitrogen and oxygen atoms in total. The maximum absolute atomic E-state index is 13.4. The molecule has 0 aromatic rings. The third-order valence-corrected chi connectivity index (χ3v) is 1.76. The van der Waals surface area contributed by atoms with E-state index in [0.29, 0.717) is 0 Å². The van der Waals surface area contributed by atoms with Crippen LogP contribution in [0.2, 0.25) is 0 Å². The molecule has 0 spiro atoms.